The zero-order chi connectivity index (χ0) is 24.3. The summed E-state index contributed by atoms with van der Waals surface area (Å²) in [6, 6.07) is 23.0. The van der Waals surface area contributed by atoms with Crippen LogP contribution in [0, 0.1) is 0 Å². The minimum atomic E-state index is -0.681. The largest absolute Gasteiger partial charge is 0.497 e. The van der Waals surface area contributed by atoms with Gasteiger partial charge in [0.1, 0.15) is 5.75 Å². The smallest absolute Gasteiger partial charge is 0.258 e. The molecule has 2 aliphatic heterocycles. The van der Waals surface area contributed by atoms with Gasteiger partial charge in [0.2, 0.25) is 5.91 Å². The van der Waals surface area contributed by atoms with E-state index in [-0.39, 0.29) is 11.8 Å². The van der Waals surface area contributed by atoms with Crippen LogP contribution in [0.1, 0.15) is 40.7 Å². The maximum atomic E-state index is 13.8. The van der Waals surface area contributed by atoms with Crippen molar-refractivity contribution in [1.29, 1.82) is 0 Å². The average Bonchev–Trinajstić information content (AvgIpc) is 2.93. The Bertz CT molecular complexity index is 1200. The van der Waals surface area contributed by atoms with Gasteiger partial charge < -0.3 is 19.7 Å². The highest BCUT2D eigenvalue weighted by molar-refractivity contribution is 6.07. The number of benzene rings is 3. The van der Waals surface area contributed by atoms with Crippen LogP contribution in [-0.2, 0) is 21.4 Å². The number of fused-ring (bicyclic) bond motifs is 1. The average molecular weight is 471 g/mol. The summed E-state index contributed by atoms with van der Waals surface area (Å²) < 4.78 is 10.9. The quantitative estimate of drug-likeness (QED) is 0.571. The molecule has 3 aromatic rings. The lowest BCUT2D eigenvalue weighted by Gasteiger charge is -2.36. The van der Waals surface area contributed by atoms with Gasteiger partial charge in [0, 0.05) is 36.7 Å². The van der Waals surface area contributed by atoms with Crippen LogP contribution in [0.25, 0.3) is 0 Å². The predicted octanol–water partition coefficient (Wildman–Crippen LogP) is 4.98. The molecule has 3 aromatic carbocycles. The highest BCUT2D eigenvalue weighted by Crippen LogP contribution is 2.38. The molecule has 2 amide bonds. The number of hydrogen-bond donors (Lipinski definition) is 1. The summed E-state index contributed by atoms with van der Waals surface area (Å²) in [5.41, 5.74) is 3.62. The van der Waals surface area contributed by atoms with Crippen molar-refractivity contribution in [2.24, 2.45) is 0 Å². The van der Waals surface area contributed by atoms with Crippen LogP contribution in [0.15, 0.2) is 72.8 Å². The van der Waals surface area contributed by atoms with Gasteiger partial charge in [0.05, 0.1) is 12.5 Å². The van der Waals surface area contributed by atoms with Crippen LogP contribution in [0.2, 0.25) is 0 Å². The molecule has 0 bridgehead atoms. The molecule has 0 unspecified atom stereocenters. The fraction of sp³-hybridized carbons (Fsp3) is 0.310. The minimum absolute atomic E-state index is 0.0193. The molecule has 1 saturated heterocycles. The second-order valence-corrected chi connectivity index (χ2v) is 9.15. The number of aryl methyl sites for hydroxylation is 1. The predicted molar refractivity (Wildman–Crippen MR) is 136 cm³/mol. The number of hydrogen-bond acceptors (Lipinski definition) is 4. The Morgan fingerprint density at radius 1 is 0.971 bits per heavy atom. The van der Waals surface area contributed by atoms with Gasteiger partial charge in [-0.1, -0.05) is 36.4 Å². The first kappa shape index (κ1) is 23.1. The molecule has 1 fully saturated rings. The van der Waals surface area contributed by atoms with E-state index in [9.17, 15) is 9.59 Å². The monoisotopic (exact) mass is 470 g/mol. The molecule has 1 N–H and O–H groups in total. The third-order valence-electron chi connectivity index (χ3n) is 7.15. The first-order valence-electron chi connectivity index (χ1n) is 12.1. The summed E-state index contributed by atoms with van der Waals surface area (Å²) in [6.45, 7) is 1.72. The van der Waals surface area contributed by atoms with Crippen LogP contribution in [0.4, 0.5) is 11.4 Å². The molecule has 0 saturated carbocycles. The molecule has 0 radical (unpaired) electrons. The molecule has 0 aromatic heterocycles. The highest BCUT2D eigenvalue weighted by atomic mass is 16.5. The van der Waals surface area contributed by atoms with Crippen molar-refractivity contribution in [3.63, 3.8) is 0 Å². The number of ether oxygens (including phenoxy) is 2. The lowest BCUT2D eigenvalue weighted by molar-refractivity contribution is -0.125. The standard InChI is InChI=1S/C29H30N2O4/c1-34-25-13-10-23(11-14-25)29(15-18-35-19-16-29)28(33)30-24-12-9-21-8-5-17-31(26(21)20-24)27(32)22-6-3-2-4-7-22/h2-4,6-7,9-14,20H,5,8,15-19H2,1H3,(H,30,33). The summed E-state index contributed by atoms with van der Waals surface area (Å²) in [6.07, 6.45) is 3.04. The second-order valence-electron chi connectivity index (χ2n) is 9.15. The summed E-state index contributed by atoms with van der Waals surface area (Å²) in [7, 11) is 1.63. The van der Waals surface area contributed by atoms with E-state index in [1.807, 2.05) is 77.7 Å². The van der Waals surface area contributed by atoms with E-state index in [1.165, 1.54) is 0 Å². The molecular weight excluding hydrogens is 440 g/mol. The van der Waals surface area contributed by atoms with Crippen LogP contribution >= 0.6 is 0 Å². The fourth-order valence-corrected chi connectivity index (χ4v) is 5.13. The van der Waals surface area contributed by atoms with E-state index in [2.05, 4.69) is 5.32 Å². The Balaban J connectivity index is 1.43. The molecule has 2 aliphatic rings. The third-order valence-corrected chi connectivity index (χ3v) is 7.15. The van der Waals surface area contributed by atoms with Gasteiger partial charge in [-0.3, -0.25) is 9.59 Å². The number of anilines is 2. The molecule has 6 nitrogen and oxygen atoms in total. The third kappa shape index (κ3) is 4.54. The van der Waals surface area contributed by atoms with E-state index in [0.29, 0.717) is 43.9 Å². The maximum absolute atomic E-state index is 13.8. The fourth-order valence-electron chi connectivity index (χ4n) is 5.13. The van der Waals surface area contributed by atoms with Crippen LogP contribution in [-0.4, -0.2) is 38.7 Å². The number of carbonyl (C=O) groups excluding carboxylic acids is 2. The lowest BCUT2D eigenvalue weighted by Crippen LogP contribution is -2.45. The van der Waals surface area contributed by atoms with Crippen molar-refractivity contribution in [3.05, 3.63) is 89.5 Å². The summed E-state index contributed by atoms with van der Waals surface area (Å²) in [4.78, 5) is 28.8. The van der Waals surface area contributed by atoms with E-state index in [4.69, 9.17) is 9.47 Å². The van der Waals surface area contributed by atoms with E-state index < -0.39 is 5.41 Å². The van der Waals surface area contributed by atoms with Crippen LogP contribution in [0.3, 0.4) is 0 Å². The number of nitrogens with zero attached hydrogens (tertiary/aromatic N) is 1. The summed E-state index contributed by atoms with van der Waals surface area (Å²) in [5.74, 6) is 0.686. The van der Waals surface area contributed by atoms with Crippen molar-refractivity contribution in [2.45, 2.75) is 31.1 Å². The van der Waals surface area contributed by atoms with E-state index in [1.54, 1.807) is 7.11 Å². The molecule has 2 heterocycles. The number of carbonyl (C=O) groups is 2. The molecule has 0 aliphatic carbocycles. The zero-order valence-corrected chi connectivity index (χ0v) is 20.0. The van der Waals surface area contributed by atoms with Gasteiger partial charge in [-0.05, 0) is 73.2 Å². The summed E-state index contributed by atoms with van der Waals surface area (Å²) >= 11 is 0. The van der Waals surface area contributed by atoms with Gasteiger partial charge >= 0.3 is 0 Å². The van der Waals surface area contributed by atoms with Crippen molar-refractivity contribution >= 4 is 23.2 Å². The molecule has 0 atom stereocenters. The molecule has 0 spiro atoms. The summed E-state index contributed by atoms with van der Waals surface area (Å²) in [5, 5.41) is 3.17. The number of amides is 2. The first-order chi connectivity index (χ1) is 17.1. The Morgan fingerprint density at radius 3 is 2.43 bits per heavy atom. The van der Waals surface area contributed by atoms with Gasteiger partial charge in [0.25, 0.3) is 5.91 Å². The zero-order valence-electron chi connectivity index (χ0n) is 20.0. The minimum Gasteiger partial charge on any atom is -0.497 e. The lowest BCUT2D eigenvalue weighted by atomic mass is 9.73. The Labute approximate surface area is 205 Å². The van der Waals surface area contributed by atoms with Crippen molar-refractivity contribution in [2.75, 3.05) is 37.1 Å². The Hall–Kier alpha value is -3.64. The number of rotatable bonds is 5. The van der Waals surface area contributed by atoms with Crippen molar-refractivity contribution < 1.29 is 19.1 Å². The van der Waals surface area contributed by atoms with Gasteiger partial charge in [-0.15, -0.1) is 0 Å². The molecule has 5 rings (SSSR count). The Kier molecular flexibility index (Phi) is 6.55. The van der Waals surface area contributed by atoms with Crippen LogP contribution in [0.5, 0.6) is 5.75 Å². The molecule has 6 heteroatoms. The van der Waals surface area contributed by atoms with Gasteiger partial charge in [-0.25, -0.2) is 0 Å². The topological polar surface area (TPSA) is 67.9 Å². The normalized spacial score (nSPS) is 16.8. The SMILES string of the molecule is COc1ccc(C2(C(=O)Nc3ccc4c(c3)N(C(=O)c3ccccc3)CCC4)CCOCC2)cc1. The van der Waals surface area contributed by atoms with Crippen LogP contribution < -0.4 is 15.0 Å². The van der Waals surface area contributed by atoms with Crippen molar-refractivity contribution in [3.8, 4) is 5.75 Å². The van der Waals surface area contributed by atoms with Gasteiger partial charge in [0.15, 0.2) is 0 Å². The molecular formula is C29H30N2O4. The first-order valence-corrected chi connectivity index (χ1v) is 12.1. The van der Waals surface area contributed by atoms with Crippen molar-refractivity contribution in [1.82, 2.24) is 0 Å². The molecule has 35 heavy (non-hydrogen) atoms. The highest BCUT2D eigenvalue weighted by Gasteiger charge is 2.42. The number of nitrogens with one attached hydrogen (secondary N) is 1. The second kappa shape index (κ2) is 9.92. The van der Waals surface area contributed by atoms with Gasteiger partial charge in [-0.2, -0.15) is 0 Å². The molecule has 180 valence electrons. The van der Waals surface area contributed by atoms with E-state index >= 15 is 0 Å². The maximum Gasteiger partial charge on any atom is 0.258 e. The number of methoxy groups -OCH3 is 1. The Morgan fingerprint density at radius 2 is 1.71 bits per heavy atom. The van der Waals surface area contributed by atoms with E-state index in [0.717, 1.165) is 35.4 Å².